The van der Waals surface area contributed by atoms with Gasteiger partial charge < -0.3 is 9.30 Å². The van der Waals surface area contributed by atoms with E-state index in [0.717, 1.165) is 5.69 Å². The van der Waals surface area contributed by atoms with Gasteiger partial charge in [-0.15, -0.1) is 0 Å². The van der Waals surface area contributed by atoms with Crippen LogP contribution in [0.15, 0.2) is 36.8 Å². The van der Waals surface area contributed by atoms with Gasteiger partial charge in [0.1, 0.15) is 12.1 Å². The highest BCUT2D eigenvalue weighted by Crippen LogP contribution is 2.10. The number of nitrogens with zero attached hydrogens (tertiary/aromatic N) is 2. The van der Waals surface area contributed by atoms with E-state index < -0.39 is 5.97 Å². The molecule has 0 fully saturated rings. The van der Waals surface area contributed by atoms with E-state index in [2.05, 4.69) is 4.98 Å². The molecule has 0 unspecified atom stereocenters. The zero-order valence-electron chi connectivity index (χ0n) is 9.26. The molecule has 88 valence electrons. The van der Waals surface area contributed by atoms with Crippen molar-refractivity contribution < 1.29 is 13.9 Å². The van der Waals surface area contributed by atoms with Crippen LogP contribution < -0.4 is 0 Å². The van der Waals surface area contributed by atoms with Gasteiger partial charge in [0.15, 0.2) is 5.69 Å². The predicted molar refractivity (Wildman–Crippen MR) is 59.5 cm³/mol. The summed E-state index contributed by atoms with van der Waals surface area (Å²) in [5.74, 6) is -0.771. The van der Waals surface area contributed by atoms with E-state index in [-0.39, 0.29) is 11.5 Å². The summed E-state index contributed by atoms with van der Waals surface area (Å²) in [7, 11) is 0. The van der Waals surface area contributed by atoms with E-state index >= 15 is 0 Å². The van der Waals surface area contributed by atoms with Crippen LogP contribution in [0.2, 0.25) is 0 Å². The number of esters is 1. The zero-order chi connectivity index (χ0) is 12.3. The molecule has 0 amide bonds. The molecular weight excluding hydrogens is 223 g/mol. The van der Waals surface area contributed by atoms with Gasteiger partial charge in [0.2, 0.25) is 0 Å². The molecule has 1 heterocycles. The first-order chi connectivity index (χ1) is 8.20. The molecule has 1 aromatic heterocycles. The normalized spacial score (nSPS) is 10.2. The Morgan fingerprint density at radius 2 is 2.12 bits per heavy atom. The molecular formula is C12H11FN2O2. The minimum absolute atomic E-state index is 0.233. The number of aromatic nitrogens is 2. The van der Waals surface area contributed by atoms with Crippen LogP contribution in [0.5, 0.6) is 0 Å². The maximum atomic E-state index is 12.7. The highest BCUT2D eigenvalue weighted by atomic mass is 19.1. The van der Waals surface area contributed by atoms with Crippen molar-refractivity contribution in [1.82, 2.24) is 9.55 Å². The number of hydrogen-bond acceptors (Lipinski definition) is 3. The summed E-state index contributed by atoms with van der Waals surface area (Å²) in [5.41, 5.74) is 0.964. The lowest BCUT2D eigenvalue weighted by molar-refractivity contribution is 0.0520. The SMILES string of the molecule is CCOC(=O)c1cn(-c2ccc(F)cc2)cn1. The van der Waals surface area contributed by atoms with E-state index in [4.69, 9.17) is 4.74 Å². The van der Waals surface area contributed by atoms with Crippen LogP contribution >= 0.6 is 0 Å². The van der Waals surface area contributed by atoms with Gasteiger partial charge >= 0.3 is 5.97 Å². The van der Waals surface area contributed by atoms with Gasteiger partial charge in [0.05, 0.1) is 6.61 Å². The lowest BCUT2D eigenvalue weighted by atomic mass is 10.3. The summed E-state index contributed by atoms with van der Waals surface area (Å²) in [4.78, 5) is 15.3. The standard InChI is InChI=1S/C12H11FN2O2/c1-2-17-12(16)11-7-15(8-14-11)10-5-3-9(13)4-6-10/h3-8H,2H2,1H3. The molecule has 0 radical (unpaired) electrons. The summed E-state index contributed by atoms with van der Waals surface area (Å²) < 4.78 is 19.2. The lowest BCUT2D eigenvalue weighted by Gasteiger charge is -2.00. The van der Waals surface area contributed by atoms with Crippen molar-refractivity contribution in [1.29, 1.82) is 0 Å². The first-order valence-corrected chi connectivity index (χ1v) is 5.17. The van der Waals surface area contributed by atoms with Gasteiger partial charge in [-0.2, -0.15) is 0 Å². The van der Waals surface area contributed by atoms with Crippen LogP contribution in [0.1, 0.15) is 17.4 Å². The Morgan fingerprint density at radius 3 is 2.76 bits per heavy atom. The molecule has 0 saturated heterocycles. The Hall–Kier alpha value is -2.17. The number of rotatable bonds is 3. The molecule has 0 aliphatic heterocycles. The molecule has 0 N–H and O–H groups in total. The van der Waals surface area contributed by atoms with Gasteiger partial charge in [0, 0.05) is 11.9 Å². The number of halogens is 1. The fourth-order valence-corrected chi connectivity index (χ4v) is 1.39. The second-order valence-corrected chi connectivity index (χ2v) is 3.36. The number of imidazole rings is 1. The fraction of sp³-hybridized carbons (Fsp3) is 0.167. The minimum atomic E-state index is -0.464. The topological polar surface area (TPSA) is 44.1 Å². The number of ether oxygens (including phenoxy) is 1. The fourth-order valence-electron chi connectivity index (χ4n) is 1.39. The van der Waals surface area contributed by atoms with Gasteiger partial charge in [-0.1, -0.05) is 0 Å². The maximum absolute atomic E-state index is 12.7. The predicted octanol–water partition coefficient (Wildman–Crippen LogP) is 2.19. The second kappa shape index (κ2) is 4.78. The average molecular weight is 234 g/mol. The number of benzene rings is 1. The minimum Gasteiger partial charge on any atom is -0.461 e. The largest absolute Gasteiger partial charge is 0.461 e. The first-order valence-electron chi connectivity index (χ1n) is 5.17. The monoisotopic (exact) mass is 234 g/mol. The van der Waals surface area contributed by atoms with Crippen molar-refractivity contribution in [3.63, 3.8) is 0 Å². The number of carbonyl (C=O) groups is 1. The molecule has 1 aromatic carbocycles. The summed E-state index contributed by atoms with van der Waals surface area (Å²) in [6.07, 6.45) is 3.03. The average Bonchev–Trinajstić information content (AvgIpc) is 2.80. The third-order valence-electron chi connectivity index (χ3n) is 2.19. The van der Waals surface area contributed by atoms with E-state index in [1.807, 2.05) is 0 Å². The van der Waals surface area contributed by atoms with E-state index in [1.54, 1.807) is 29.8 Å². The highest BCUT2D eigenvalue weighted by molar-refractivity contribution is 5.87. The van der Waals surface area contributed by atoms with E-state index in [9.17, 15) is 9.18 Å². The van der Waals surface area contributed by atoms with Crippen molar-refractivity contribution in [2.75, 3.05) is 6.61 Å². The molecule has 0 saturated carbocycles. The summed E-state index contributed by atoms with van der Waals surface area (Å²) in [5, 5.41) is 0. The lowest BCUT2D eigenvalue weighted by Crippen LogP contribution is -2.04. The highest BCUT2D eigenvalue weighted by Gasteiger charge is 2.10. The van der Waals surface area contributed by atoms with E-state index in [1.165, 1.54) is 18.5 Å². The molecule has 0 bridgehead atoms. The van der Waals surface area contributed by atoms with Crippen LogP contribution in [-0.4, -0.2) is 22.1 Å². The van der Waals surface area contributed by atoms with Gasteiger partial charge in [0.25, 0.3) is 0 Å². The molecule has 0 atom stereocenters. The number of hydrogen-bond donors (Lipinski definition) is 0. The Bertz CT molecular complexity index is 520. The molecule has 2 aromatic rings. The third kappa shape index (κ3) is 2.50. The van der Waals surface area contributed by atoms with Crippen LogP contribution in [0, 0.1) is 5.82 Å². The molecule has 5 heteroatoms. The second-order valence-electron chi connectivity index (χ2n) is 3.36. The summed E-state index contributed by atoms with van der Waals surface area (Å²) in [6, 6.07) is 5.90. The van der Waals surface area contributed by atoms with E-state index in [0.29, 0.717) is 6.61 Å². The van der Waals surface area contributed by atoms with Gasteiger partial charge in [-0.25, -0.2) is 14.2 Å². The zero-order valence-corrected chi connectivity index (χ0v) is 9.26. The first kappa shape index (κ1) is 11.3. The molecule has 0 spiro atoms. The van der Waals surface area contributed by atoms with Crippen LogP contribution in [0.3, 0.4) is 0 Å². The van der Waals surface area contributed by atoms with Crippen molar-refractivity contribution in [3.8, 4) is 5.69 Å². The van der Waals surface area contributed by atoms with Crippen LogP contribution in [0.25, 0.3) is 5.69 Å². The Morgan fingerprint density at radius 1 is 1.41 bits per heavy atom. The Balaban J connectivity index is 2.23. The van der Waals surface area contributed by atoms with Crippen molar-refractivity contribution in [2.24, 2.45) is 0 Å². The van der Waals surface area contributed by atoms with Crippen molar-refractivity contribution in [2.45, 2.75) is 6.92 Å². The Kier molecular flexibility index (Phi) is 3.18. The van der Waals surface area contributed by atoms with Gasteiger partial charge in [-0.3, -0.25) is 0 Å². The molecule has 0 aliphatic carbocycles. The molecule has 17 heavy (non-hydrogen) atoms. The smallest absolute Gasteiger partial charge is 0.358 e. The molecule has 4 nitrogen and oxygen atoms in total. The van der Waals surface area contributed by atoms with Crippen molar-refractivity contribution in [3.05, 3.63) is 48.3 Å². The molecule has 0 aliphatic rings. The quantitative estimate of drug-likeness (QED) is 0.764. The van der Waals surface area contributed by atoms with Gasteiger partial charge in [-0.05, 0) is 31.2 Å². The molecule has 2 rings (SSSR count). The summed E-state index contributed by atoms with van der Waals surface area (Å²) >= 11 is 0. The van der Waals surface area contributed by atoms with Crippen molar-refractivity contribution >= 4 is 5.97 Å². The maximum Gasteiger partial charge on any atom is 0.358 e. The van der Waals surface area contributed by atoms with Crippen LogP contribution in [0.4, 0.5) is 4.39 Å². The van der Waals surface area contributed by atoms with Crippen LogP contribution in [-0.2, 0) is 4.74 Å². The number of carbonyl (C=O) groups excluding carboxylic acids is 1. The summed E-state index contributed by atoms with van der Waals surface area (Å²) in [6.45, 7) is 2.04. The Labute approximate surface area is 97.7 Å². The third-order valence-corrected chi connectivity index (χ3v) is 2.19.